The van der Waals surface area contributed by atoms with Crippen molar-refractivity contribution in [1.29, 1.82) is 0 Å². The van der Waals surface area contributed by atoms with Gasteiger partial charge >= 0.3 is 0 Å². The van der Waals surface area contributed by atoms with Crippen LogP contribution in [0.3, 0.4) is 0 Å². The summed E-state index contributed by atoms with van der Waals surface area (Å²) in [6.45, 7) is 4.87. The van der Waals surface area contributed by atoms with Crippen LogP contribution in [-0.2, 0) is 6.42 Å². The fourth-order valence-corrected chi connectivity index (χ4v) is 5.51. The molecule has 1 saturated heterocycles. The summed E-state index contributed by atoms with van der Waals surface area (Å²) in [5, 5.41) is 4.56. The molecule has 0 spiro atoms. The van der Waals surface area contributed by atoms with Crippen LogP contribution in [0.5, 0.6) is 5.75 Å². The average Bonchev–Trinajstić information content (AvgIpc) is 3.11. The third-order valence-electron chi connectivity index (χ3n) is 6.53. The molecule has 2 aliphatic heterocycles. The maximum absolute atomic E-state index is 14.0. The highest BCUT2D eigenvalue weighted by molar-refractivity contribution is 7.16. The predicted octanol–water partition coefficient (Wildman–Crippen LogP) is 5.59. The van der Waals surface area contributed by atoms with Crippen molar-refractivity contribution in [3.8, 4) is 5.75 Å². The molecule has 1 N–H and O–H groups in total. The van der Waals surface area contributed by atoms with E-state index in [1.807, 2.05) is 12.1 Å². The Hall–Kier alpha value is -2.90. The number of hydrogen-bond acceptors (Lipinski definition) is 6. The molecular weight excluding hydrogens is 435 g/mol. The summed E-state index contributed by atoms with van der Waals surface area (Å²) >= 11 is 1.72. The fourth-order valence-electron chi connectivity index (χ4n) is 4.59. The van der Waals surface area contributed by atoms with Gasteiger partial charge in [0.2, 0.25) is 0 Å². The molecule has 5 rings (SSSR count). The lowest BCUT2D eigenvalue weighted by Crippen LogP contribution is -2.53. The molecule has 1 fully saturated rings. The monoisotopic (exact) mass is 464 g/mol. The van der Waals surface area contributed by atoms with Crippen molar-refractivity contribution in [3.05, 3.63) is 70.4 Å². The zero-order chi connectivity index (χ0) is 22.9. The Kier molecular flexibility index (Phi) is 6.08. The number of aryl methyl sites for hydroxylation is 2. The molecule has 33 heavy (non-hydrogen) atoms. The van der Waals surface area contributed by atoms with Crippen LogP contribution in [0.15, 0.2) is 53.5 Å². The van der Waals surface area contributed by atoms with Gasteiger partial charge in [-0.25, -0.2) is 9.38 Å². The lowest BCUT2D eigenvalue weighted by molar-refractivity contribution is 0.134. The number of methoxy groups -OCH3 is 1. The molecular formula is C26H29FN4OS. The Labute approximate surface area is 198 Å². The molecule has 7 heteroatoms. The third-order valence-corrected chi connectivity index (χ3v) is 7.50. The van der Waals surface area contributed by atoms with Gasteiger partial charge in [0.25, 0.3) is 0 Å². The number of anilines is 2. The Balaban J connectivity index is 1.40. The summed E-state index contributed by atoms with van der Waals surface area (Å²) in [6, 6.07) is 15.7. The minimum absolute atomic E-state index is 0.268. The highest BCUT2D eigenvalue weighted by Crippen LogP contribution is 2.39. The molecule has 3 heterocycles. The molecule has 0 radical (unpaired) electrons. The number of likely N-dealkylation sites (N-methyl/N-ethyl adjacent to an activating group) is 1. The number of halogens is 1. The van der Waals surface area contributed by atoms with Gasteiger partial charge in [-0.2, -0.15) is 0 Å². The number of ether oxygens (including phenoxy) is 1. The van der Waals surface area contributed by atoms with Crippen molar-refractivity contribution >= 4 is 33.5 Å². The normalized spacial score (nSPS) is 18.1. The van der Waals surface area contributed by atoms with E-state index < -0.39 is 0 Å². The molecule has 5 nitrogen and oxygen atoms in total. The van der Waals surface area contributed by atoms with Crippen molar-refractivity contribution in [2.45, 2.75) is 25.8 Å². The number of benzene rings is 2. The van der Waals surface area contributed by atoms with Gasteiger partial charge in [0.05, 0.1) is 24.0 Å². The van der Waals surface area contributed by atoms with Gasteiger partial charge in [-0.1, -0.05) is 12.1 Å². The lowest BCUT2D eigenvalue weighted by Gasteiger charge is -2.41. The number of nitrogens with one attached hydrogen (secondary N) is 1. The number of hydrogen-bond donors (Lipinski definition) is 1. The summed E-state index contributed by atoms with van der Waals surface area (Å²) in [4.78, 5) is 11.0. The van der Waals surface area contributed by atoms with Gasteiger partial charge in [0.1, 0.15) is 22.4 Å². The van der Waals surface area contributed by atoms with Crippen LogP contribution in [0.25, 0.3) is 0 Å². The lowest BCUT2D eigenvalue weighted by atomic mass is 10.0. The van der Waals surface area contributed by atoms with Gasteiger partial charge in [-0.15, -0.1) is 11.3 Å². The van der Waals surface area contributed by atoms with Gasteiger partial charge in [0, 0.05) is 36.6 Å². The van der Waals surface area contributed by atoms with Crippen LogP contribution in [0.4, 0.5) is 20.8 Å². The molecule has 3 aromatic rings. The van der Waals surface area contributed by atoms with E-state index in [1.165, 1.54) is 22.6 Å². The van der Waals surface area contributed by atoms with Crippen LogP contribution in [0, 0.1) is 12.7 Å². The molecule has 0 saturated carbocycles. The number of amidine groups is 1. The van der Waals surface area contributed by atoms with Crippen LogP contribution in [-0.4, -0.2) is 55.5 Å². The van der Waals surface area contributed by atoms with Gasteiger partial charge < -0.3 is 15.0 Å². The summed E-state index contributed by atoms with van der Waals surface area (Å²) in [6.07, 6.45) is 2.07. The quantitative estimate of drug-likeness (QED) is 0.547. The van der Waals surface area contributed by atoms with E-state index in [4.69, 9.17) is 9.73 Å². The summed E-state index contributed by atoms with van der Waals surface area (Å²) < 4.78 is 19.3. The average molecular weight is 465 g/mol. The smallest absolute Gasteiger partial charge is 0.139 e. The highest BCUT2D eigenvalue weighted by atomic mass is 32.1. The maximum atomic E-state index is 14.0. The highest BCUT2D eigenvalue weighted by Gasteiger charge is 2.30. The fraction of sp³-hybridized carbons (Fsp3) is 0.346. The number of thiophene rings is 1. The summed E-state index contributed by atoms with van der Waals surface area (Å²) in [7, 11) is 3.90. The number of fused-ring (bicyclic) bond motifs is 2. The van der Waals surface area contributed by atoms with E-state index in [2.05, 4.69) is 47.3 Å². The Morgan fingerprint density at radius 3 is 2.76 bits per heavy atom. The molecule has 1 aromatic heterocycles. The first-order chi connectivity index (χ1) is 16.0. The van der Waals surface area contributed by atoms with E-state index >= 15 is 0 Å². The zero-order valence-corrected chi connectivity index (χ0v) is 20.1. The molecule has 0 bridgehead atoms. The zero-order valence-electron chi connectivity index (χ0n) is 19.3. The van der Waals surface area contributed by atoms with Crippen LogP contribution in [0.1, 0.15) is 22.4 Å². The maximum Gasteiger partial charge on any atom is 0.139 e. The van der Waals surface area contributed by atoms with E-state index in [0.717, 1.165) is 60.3 Å². The van der Waals surface area contributed by atoms with Crippen molar-refractivity contribution in [2.24, 2.45) is 4.99 Å². The van der Waals surface area contributed by atoms with Crippen LogP contribution in [0.2, 0.25) is 0 Å². The molecule has 1 unspecified atom stereocenters. The first kappa shape index (κ1) is 21.9. The minimum Gasteiger partial charge on any atom is -0.497 e. The summed E-state index contributed by atoms with van der Waals surface area (Å²) in [5.74, 6) is 1.56. The van der Waals surface area contributed by atoms with Crippen molar-refractivity contribution in [3.63, 3.8) is 0 Å². The minimum atomic E-state index is -0.268. The molecule has 0 amide bonds. The van der Waals surface area contributed by atoms with Crippen molar-refractivity contribution in [2.75, 3.05) is 39.1 Å². The predicted molar refractivity (Wildman–Crippen MR) is 134 cm³/mol. The van der Waals surface area contributed by atoms with Gasteiger partial charge in [-0.05, 0) is 62.7 Å². The Morgan fingerprint density at radius 2 is 1.97 bits per heavy atom. The molecule has 2 aromatic carbocycles. The van der Waals surface area contributed by atoms with Crippen LogP contribution >= 0.6 is 11.3 Å². The number of rotatable bonds is 4. The standard InChI is InChI=1S/C26H29FN4OS/c1-17-14-22-25(28-24-15-19(27)7-11-23(24)29-26(22)33-17)31-13-12-30(2)20(16-31)8-4-18-5-9-21(32-3)10-6-18/h5-7,9-11,14-15,20,29H,4,8,12-13,16H2,1-3H3. The molecule has 172 valence electrons. The van der Waals surface area contributed by atoms with E-state index in [-0.39, 0.29) is 5.82 Å². The van der Waals surface area contributed by atoms with Crippen molar-refractivity contribution in [1.82, 2.24) is 9.80 Å². The number of nitrogens with zero attached hydrogens (tertiary/aromatic N) is 3. The second-order valence-corrected chi connectivity index (χ2v) is 10.0. The number of piperazine rings is 1. The second-order valence-electron chi connectivity index (χ2n) is 8.79. The van der Waals surface area contributed by atoms with Crippen molar-refractivity contribution < 1.29 is 9.13 Å². The first-order valence-corrected chi connectivity index (χ1v) is 12.2. The Morgan fingerprint density at radius 1 is 1.15 bits per heavy atom. The SMILES string of the molecule is COc1ccc(CCC2CN(C3=Nc4cc(F)ccc4Nc4sc(C)cc43)CCN2C)cc1. The van der Waals surface area contributed by atoms with E-state index in [0.29, 0.717) is 11.7 Å². The second kappa shape index (κ2) is 9.15. The Bertz CT molecular complexity index is 1170. The molecule has 1 atom stereocenters. The molecule has 2 aliphatic rings. The number of aliphatic imine (C=N–C) groups is 1. The van der Waals surface area contributed by atoms with Gasteiger partial charge in [-0.3, -0.25) is 4.90 Å². The van der Waals surface area contributed by atoms with Gasteiger partial charge in [0.15, 0.2) is 0 Å². The van der Waals surface area contributed by atoms with Crippen LogP contribution < -0.4 is 10.1 Å². The first-order valence-electron chi connectivity index (χ1n) is 11.3. The largest absolute Gasteiger partial charge is 0.497 e. The molecule has 0 aliphatic carbocycles. The van der Waals surface area contributed by atoms with E-state index in [9.17, 15) is 4.39 Å². The van der Waals surface area contributed by atoms with E-state index in [1.54, 1.807) is 24.5 Å². The topological polar surface area (TPSA) is 40.1 Å². The summed E-state index contributed by atoms with van der Waals surface area (Å²) in [5.41, 5.74) is 3.92. The third kappa shape index (κ3) is 4.61.